The Labute approximate surface area is 82.3 Å². The van der Waals surface area contributed by atoms with Gasteiger partial charge in [-0.05, 0) is 20.8 Å². The Morgan fingerprint density at radius 3 is 1.00 bits per heavy atom. The van der Waals surface area contributed by atoms with Crippen molar-refractivity contribution < 1.29 is 9.90 Å². The van der Waals surface area contributed by atoms with Gasteiger partial charge in [0.2, 0.25) is 0 Å². The van der Waals surface area contributed by atoms with Gasteiger partial charge in [-0.1, -0.05) is 18.2 Å². The maximum Gasteiger partial charge on any atom is 0.300 e. The van der Waals surface area contributed by atoms with Gasteiger partial charge in [0.25, 0.3) is 5.97 Å². The van der Waals surface area contributed by atoms with Gasteiger partial charge in [-0.2, -0.15) is 0 Å². The first-order chi connectivity index (χ1) is 5.97. The minimum Gasteiger partial charge on any atom is -0.481 e. The third kappa shape index (κ3) is 470. The zero-order chi connectivity index (χ0) is 11.7. The van der Waals surface area contributed by atoms with E-state index in [9.17, 15) is 0 Å². The molecule has 0 aliphatic heterocycles. The molecule has 0 heterocycles. The lowest BCUT2D eigenvalue weighted by Gasteiger charge is -1.59. The van der Waals surface area contributed by atoms with Crippen LogP contribution in [-0.2, 0) is 4.79 Å². The van der Waals surface area contributed by atoms with Gasteiger partial charge in [0.05, 0.1) is 0 Å². The van der Waals surface area contributed by atoms with Crippen molar-refractivity contribution in [2.24, 2.45) is 0 Å². The minimum atomic E-state index is -0.833. The highest BCUT2D eigenvalue weighted by molar-refractivity contribution is 5.62. The van der Waals surface area contributed by atoms with E-state index in [1.165, 1.54) is 0 Å². The molecule has 0 aromatic carbocycles. The Bertz CT molecular complexity index is 97.0. The number of hydrogen-bond acceptors (Lipinski definition) is 1. The van der Waals surface area contributed by atoms with Crippen LogP contribution in [0.5, 0.6) is 0 Å². The molecule has 0 radical (unpaired) electrons. The van der Waals surface area contributed by atoms with E-state index in [1.807, 2.05) is 20.8 Å². The van der Waals surface area contributed by atoms with Crippen LogP contribution in [0.3, 0.4) is 0 Å². The minimum absolute atomic E-state index is 0.833. The number of hydrogen-bond donors (Lipinski definition) is 1. The van der Waals surface area contributed by atoms with Crippen molar-refractivity contribution in [3.63, 3.8) is 0 Å². The van der Waals surface area contributed by atoms with Crippen LogP contribution in [0.15, 0.2) is 38.0 Å². The predicted octanol–water partition coefficient (Wildman–Crippen LogP) is 3.67. The molecule has 0 unspecified atom stereocenters. The van der Waals surface area contributed by atoms with Crippen molar-refractivity contribution in [3.05, 3.63) is 38.0 Å². The molecule has 0 atom stereocenters. The molecule has 78 valence electrons. The summed E-state index contributed by atoms with van der Waals surface area (Å²) in [4.78, 5) is 9.00. The van der Waals surface area contributed by atoms with Crippen molar-refractivity contribution in [2.45, 2.75) is 27.7 Å². The Balaban J connectivity index is -0.0000000420. The van der Waals surface area contributed by atoms with Crippen LogP contribution in [0, 0.1) is 0 Å². The zero-order valence-corrected chi connectivity index (χ0v) is 9.21. The van der Waals surface area contributed by atoms with Gasteiger partial charge in [0.15, 0.2) is 0 Å². The molecule has 1 N–H and O–H groups in total. The van der Waals surface area contributed by atoms with Crippen LogP contribution in [0.1, 0.15) is 27.7 Å². The molecule has 0 aliphatic rings. The molecule has 2 heteroatoms. The first-order valence-electron chi connectivity index (χ1n) is 3.88. The second-order valence-corrected chi connectivity index (χ2v) is 1.74. The summed E-state index contributed by atoms with van der Waals surface area (Å²) in [5, 5.41) is 7.42. The predicted molar refractivity (Wildman–Crippen MR) is 60.9 cm³/mol. The number of carbonyl (C=O) groups is 1. The molecule has 0 aliphatic carbocycles. The standard InChI is InChI=1S/3C3H6.C2H4O2/c3*1-3-2;1-2(3)4/h3*3H,1H2,2H3;1H3,(H,3,4). The zero-order valence-electron chi connectivity index (χ0n) is 9.21. The van der Waals surface area contributed by atoms with Crippen molar-refractivity contribution in [3.8, 4) is 0 Å². The number of rotatable bonds is 0. The summed E-state index contributed by atoms with van der Waals surface area (Å²) in [5.74, 6) is -0.833. The maximum absolute atomic E-state index is 9.00. The molecule has 0 aromatic heterocycles. The Kier molecular flexibility index (Phi) is 79.3. The summed E-state index contributed by atoms with van der Waals surface area (Å²) in [6.07, 6.45) is 5.25. The van der Waals surface area contributed by atoms with Gasteiger partial charge in [0, 0.05) is 6.92 Å². The van der Waals surface area contributed by atoms with Crippen molar-refractivity contribution in [2.75, 3.05) is 0 Å². The highest BCUT2D eigenvalue weighted by Crippen LogP contribution is 1.42. The largest absolute Gasteiger partial charge is 0.481 e. The van der Waals surface area contributed by atoms with E-state index < -0.39 is 5.97 Å². The number of carboxylic acids is 1. The molecule has 0 saturated heterocycles. The third-order valence-electron chi connectivity index (χ3n) is 0. The van der Waals surface area contributed by atoms with Gasteiger partial charge >= 0.3 is 0 Å². The van der Waals surface area contributed by atoms with Crippen molar-refractivity contribution >= 4 is 5.97 Å². The Morgan fingerprint density at radius 2 is 1.00 bits per heavy atom. The lowest BCUT2D eigenvalue weighted by Crippen LogP contribution is -1.78. The van der Waals surface area contributed by atoms with E-state index in [0.717, 1.165) is 6.92 Å². The molecule has 0 saturated carbocycles. The van der Waals surface area contributed by atoms with E-state index in [1.54, 1.807) is 18.2 Å². The van der Waals surface area contributed by atoms with Crippen LogP contribution >= 0.6 is 0 Å². The van der Waals surface area contributed by atoms with Gasteiger partial charge in [-0.3, -0.25) is 4.79 Å². The maximum atomic E-state index is 9.00. The average Bonchev–Trinajstić information content (AvgIpc) is 1.88. The van der Waals surface area contributed by atoms with Crippen molar-refractivity contribution in [1.82, 2.24) is 0 Å². The van der Waals surface area contributed by atoms with Gasteiger partial charge in [0.1, 0.15) is 0 Å². The number of aliphatic carboxylic acids is 1. The molecule has 0 fully saturated rings. The van der Waals surface area contributed by atoms with Crippen LogP contribution in [-0.4, -0.2) is 11.1 Å². The molecule has 13 heavy (non-hydrogen) atoms. The van der Waals surface area contributed by atoms with Crippen LogP contribution < -0.4 is 0 Å². The molecule has 0 rings (SSSR count). The monoisotopic (exact) mass is 186 g/mol. The Hall–Kier alpha value is -1.31. The summed E-state index contributed by atoms with van der Waals surface area (Å²) in [7, 11) is 0. The van der Waals surface area contributed by atoms with Gasteiger partial charge < -0.3 is 5.11 Å². The lowest BCUT2D eigenvalue weighted by molar-refractivity contribution is -0.134. The van der Waals surface area contributed by atoms with Crippen LogP contribution in [0.2, 0.25) is 0 Å². The Morgan fingerprint density at radius 1 is 1.00 bits per heavy atom. The van der Waals surface area contributed by atoms with Gasteiger partial charge in [-0.25, -0.2) is 0 Å². The molecule has 0 aromatic rings. The molecule has 2 nitrogen and oxygen atoms in total. The number of carboxylic acid groups (broad SMARTS) is 1. The van der Waals surface area contributed by atoms with E-state index >= 15 is 0 Å². The topological polar surface area (TPSA) is 37.3 Å². The average molecular weight is 186 g/mol. The summed E-state index contributed by atoms with van der Waals surface area (Å²) in [6.45, 7) is 16.8. The molecule has 0 amide bonds. The summed E-state index contributed by atoms with van der Waals surface area (Å²) in [5.41, 5.74) is 0. The van der Waals surface area contributed by atoms with Crippen LogP contribution in [0.25, 0.3) is 0 Å². The fourth-order valence-electron chi connectivity index (χ4n) is 0. The first kappa shape index (κ1) is 22.6. The fourth-order valence-corrected chi connectivity index (χ4v) is 0. The highest BCUT2D eigenvalue weighted by atomic mass is 16.4. The summed E-state index contributed by atoms with van der Waals surface area (Å²) >= 11 is 0. The molecule has 0 bridgehead atoms. The molecular formula is C11H22O2. The summed E-state index contributed by atoms with van der Waals surface area (Å²) < 4.78 is 0. The normalized spacial score (nSPS) is 4.92. The quantitative estimate of drug-likeness (QED) is 0.586. The van der Waals surface area contributed by atoms with Crippen molar-refractivity contribution in [1.29, 1.82) is 0 Å². The van der Waals surface area contributed by atoms with E-state index in [4.69, 9.17) is 9.90 Å². The lowest BCUT2D eigenvalue weighted by atomic mass is 10.8. The van der Waals surface area contributed by atoms with E-state index in [2.05, 4.69) is 19.7 Å². The molecular weight excluding hydrogens is 164 g/mol. The second kappa shape index (κ2) is 45.6. The summed E-state index contributed by atoms with van der Waals surface area (Å²) in [6, 6.07) is 0. The fraction of sp³-hybridized carbons (Fsp3) is 0.364. The van der Waals surface area contributed by atoms with Gasteiger partial charge in [-0.15, -0.1) is 19.7 Å². The van der Waals surface area contributed by atoms with E-state index in [-0.39, 0.29) is 0 Å². The SMILES string of the molecule is C=CC.C=CC.C=CC.CC(=O)O. The van der Waals surface area contributed by atoms with Crippen LogP contribution in [0.4, 0.5) is 0 Å². The highest BCUT2D eigenvalue weighted by Gasteiger charge is 1.65. The smallest absolute Gasteiger partial charge is 0.300 e. The number of allylic oxidation sites excluding steroid dienone is 3. The van der Waals surface area contributed by atoms with E-state index in [0.29, 0.717) is 0 Å². The molecule has 0 spiro atoms. The first-order valence-corrected chi connectivity index (χ1v) is 3.88. The third-order valence-corrected chi connectivity index (χ3v) is 0. The second-order valence-electron chi connectivity index (χ2n) is 1.74.